The molecule has 0 aliphatic heterocycles. The lowest BCUT2D eigenvalue weighted by Gasteiger charge is -2.14. The van der Waals surface area contributed by atoms with Crippen LogP contribution in [-0.4, -0.2) is 18.6 Å². The van der Waals surface area contributed by atoms with Gasteiger partial charge in [-0.15, -0.1) is 0 Å². The molecule has 0 fully saturated rings. The zero-order valence-corrected chi connectivity index (χ0v) is 12.8. The van der Waals surface area contributed by atoms with Gasteiger partial charge in [0.15, 0.2) is 0 Å². The van der Waals surface area contributed by atoms with Crippen LogP contribution in [0.15, 0.2) is 48.5 Å². The first-order valence-corrected chi connectivity index (χ1v) is 7.60. The predicted molar refractivity (Wildman–Crippen MR) is 86.6 cm³/mol. The summed E-state index contributed by atoms with van der Waals surface area (Å²) in [6.45, 7) is 1.93. The van der Waals surface area contributed by atoms with Crippen LogP contribution < -0.4 is 10.9 Å². The largest absolute Gasteiger partial charge is 0.447 e. The lowest BCUT2D eigenvalue weighted by molar-refractivity contribution is -0.121. The van der Waals surface area contributed by atoms with Crippen molar-refractivity contribution in [3.05, 3.63) is 59.7 Å². The van der Waals surface area contributed by atoms with E-state index in [4.69, 9.17) is 4.74 Å². The molecule has 0 unspecified atom stereocenters. The zero-order valence-electron chi connectivity index (χ0n) is 12.8. The molecule has 2 aromatic carbocycles. The fourth-order valence-electron chi connectivity index (χ4n) is 2.84. The van der Waals surface area contributed by atoms with Gasteiger partial charge in [0.05, 0.1) is 0 Å². The average molecular weight is 310 g/mol. The van der Waals surface area contributed by atoms with Crippen LogP contribution in [0, 0.1) is 0 Å². The Hall–Kier alpha value is -2.82. The van der Waals surface area contributed by atoms with Crippen molar-refractivity contribution >= 4 is 12.0 Å². The minimum Gasteiger partial charge on any atom is -0.447 e. The summed E-state index contributed by atoms with van der Waals surface area (Å²) in [5, 5.41) is 0. The Labute approximate surface area is 134 Å². The van der Waals surface area contributed by atoms with Crippen LogP contribution in [-0.2, 0) is 9.53 Å². The summed E-state index contributed by atoms with van der Waals surface area (Å²) in [4.78, 5) is 22.8. The topological polar surface area (TPSA) is 67.4 Å². The van der Waals surface area contributed by atoms with E-state index in [9.17, 15) is 9.59 Å². The summed E-state index contributed by atoms with van der Waals surface area (Å²) in [7, 11) is 0. The fourth-order valence-corrected chi connectivity index (χ4v) is 2.84. The van der Waals surface area contributed by atoms with Crippen molar-refractivity contribution in [2.75, 3.05) is 6.61 Å². The van der Waals surface area contributed by atoms with E-state index in [-0.39, 0.29) is 18.4 Å². The Kier molecular flexibility index (Phi) is 4.28. The maximum absolute atomic E-state index is 11.7. The van der Waals surface area contributed by atoms with Crippen molar-refractivity contribution in [1.29, 1.82) is 0 Å². The van der Waals surface area contributed by atoms with Crippen molar-refractivity contribution in [1.82, 2.24) is 10.9 Å². The van der Waals surface area contributed by atoms with Crippen molar-refractivity contribution in [3.63, 3.8) is 0 Å². The van der Waals surface area contributed by atoms with Crippen LogP contribution in [0.1, 0.15) is 30.4 Å². The molecule has 118 valence electrons. The maximum Gasteiger partial charge on any atom is 0.426 e. The molecule has 0 spiro atoms. The molecule has 0 atom stereocenters. The van der Waals surface area contributed by atoms with E-state index < -0.39 is 6.09 Å². The zero-order chi connectivity index (χ0) is 16.2. The highest BCUT2D eigenvalue weighted by atomic mass is 16.6. The number of carbonyl (C=O) groups is 2. The molecule has 2 N–H and O–H groups in total. The number of hydrogen-bond donors (Lipinski definition) is 2. The Morgan fingerprint density at radius 3 is 2.09 bits per heavy atom. The number of hydrogen-bond acceptors (Lipinski definition) is 3. The molecular formula is C18H18N2O3. The molecule has 0 saturated heterocycles. The van der Waals surface area contributed by atoms with E-state index in [0.29, 0.717) is 6.42 Å². The third-order valence-corrected chi connectivity index (χ3v) is 3.97. The Morgan fingerprint density at radius 1 is 0.957 bits per heavy atom. The summed E-state index contributed by atoms with van der Waals surface area (Å²) in [6.07, 6.45) is -0.363. The van der Waals surface area contributed by atoms with E-state index in [1.54, 1.807) is 6.92 Å². The SMILES string of the molecule is CCC(=O)NNC(=O)OCC1c2ccccc2-c2ccccc21. The monoisotopic (exact) mass is 310 g/mol. The highest BCUT2D eigenvalue weighted by molar-refractivity contribution is 5.80. The number of hydrazine groups is 1. The third-order valence-electron chi connectivity index (χ3n) is 3.97. The summed E-state index contributed by atoms with van der Waals surface area (Å²) in [6, 6.07) is 16.3. The van der Waals surface area contributed by atoms with Crippen LogP contribution in [0.5, 0.6) is 0 Å². The molecule has 2 aromatic rings. The average Bonchev–Trinajstić information content (AvgIpc) is 2.92. The van der Waals surface area contributed by atoms with Crippen molar-refractivity contribution in [2.45, 2.75) is 19.3 Å². The molecular weight excluding hydrogens is 292 g/mol. The first-order chi connectivity index (χ1) is 11.2. The van der Waals surface area contributed by atoms with Crippen LogP contribution in [0.3, 0.4) is 0 Å². The quantitative estimate of drug-likeness (QED) is 0.857. The minimum atomic E-state index is -0.659. The van der Waals surface area contributed by atoms with E-state index in [0.717, 1.165) is 11.1 Å². The van der Waals surface area contributed by atoms with Gasteiger partial charge in [-0.1, -0.05) is 55.5 Å². The normalized spacial score (nSPS) is 12.2. The molecule has 0 aromatic heterocycles. The van der Waals surface area contributed by atoms with E-state index in [1.165, 1.54) is 11.1 Å². The summed E-state index contributed by atoms with van der Waals surface area (Å²) in [5.41, 5.74) is 9.19. The minimum absolute atomic E-state index is 0.00928. The number of ether oxygens (including phenoxy) is 1. The van der Waals surface area contributed by atoms with Gasteiger partial charge in [-0.3, -0.25) is 10.2 Å². The van der Waals surface area contributed by atoms with E-state index in [1.807, 2.05) is 24.3 Å². The Morgan fingerprint density at radius 2 is 1.52 bits per heavy atom. The van der Waals surface area contributed by atoms with Gasteiger partial charge >= 0.3 is 6.09 Å². The number of rotatable bonds is 3. The van der Waals surface area contributed by atoms with E-state index >= 15 is 0 Å². The molecule has 5 heteroatoms. The number of fused-ring (bicyclic) bond motifs is 3. The van der Waals surface area contributed by atoms with Crippen molar-refractivity contribution in [2.24, 2.45) is 0 Å². The van der Waals surface area contributed by atoms with Crippen LogP contribution >= 0.6 is 0 Å². The molecule has 0 saturated carbocycles. The van der Waals surface area contributed by atoms with Crippen molar-refractivity contribution < 1.29 is 14.3 Å². The first-order valence-electron chi connectivity index (χ1n) is 7.60. The molecule has 1 aliphatic rings. The second-order valence-electron chi connectivity index (χ2n) is 5.35. The highest BCUT2D eigenvalue weighted by Gasteiger charge is 2.28. The predicted octanol–water partition coefficient (Wildman–Crippen LogP) is 2.97. The smallest absolute Gasteiger partial charge is 0.426 e. The highest BCUT2D eigenvalue weighted by Crippen LogP contribution is 2.44. The second-order valence-corrected chi connectivity index (χ2v) is 5.35. The summed E-state index contributed by atoms with van der Waals surface area (Å²) in [5.74, 6) is -0.256. The lowest BCUT2D eigenvalue weighted by atomic mass is 9.98. The number of carbonyl (C=O) groups excluding carboxylic acids is 2. The number of nitrogens with one attached hydrogen (secondary N) is 2. The third kappa shape index (κ3) is 3.04. The summed E-state index contributed by atoms with van der Waals surface area (Å²) < 4.78 is 5.27. The number of benzene rings is 2. The second kappa shape index (κ2) is 6.52. The van der Waals surface area contributed by atoms with Gasteiger partial charge in [-0.05, 0) is 22.3 Å². The van der Waals surface area contributed by atoms with Gasteiger partial charge in [0.2, 0.25) is 5.91 Å². The van der Waals surface area contributed by atoms with Gasteiger partial charge in [0.25, 0.3) is 0 Å². The molecule has 2 amide bonds. The van der Waals surface area contributed by atoms with Gasteiger partial charge in [-0.2, -0.15) is 0 Å². The van der Waals surface area contributed by atoms with Gasteiger partial charge < -0.3 is 4.74 Å². The lowest BCUT2D eigenvalue weighted by Crippen LogP contribution is -2.41. The maximum atomic E-state index is 11.7. The van der Waals surface area contributed by atoms with Gasteiger partial charge in [0.1, 0.15) is 6.61 Å². The summed E-state index contributed by atoms with van der Waals surface area (Å²) >= 11 is 0. The Balaban J connectivity index is 1.71. The van der Waals surface area contributed by atoms with Crippen LogP contribution in [0.2, 0.25) is 0 Å². The van der Waals surface area contributed by atoms with Gasteiger partial charge in [0, 0.05) is 12.3 Å². The molecule has 3 rings (SSSR count). The van der Waals surface area contributed by atoms with Crippen LogP contribution in [0.4, 0.5) is 4.79 Å². The molecule has 5 nitrogen and oxygen atoms in total. The Bertz CT molecular complexity index is 697. The molecule has 0 bridgehead atoms. The molecule has 23 heavy (non-hydrogen) atoms. The molecule has 1 aliphatic carbocycles. The number of amides is 2. The van der Waals surface area contributed by atoms with Crippen LogP contribution in [0.25, 0.3) is 11.1 Å². The fraction of sp³-hybridized carbons (Fsp3) is 0.222. The first kappa shape index (κ1) is 15.1. The van der Waals surface area contributed by atoms with E-state index in [2.05, 4.69) is 35.1 Å². The van der Waals surface area contributed by atoms with Gasteiger partial charge in [-0.25, -0.2) is 10.2 Å². The molecule has 0 heterocycles. The molecule has 0 radical (unpaired) electrons. The van der Waals surface area contributed by atoms with Crippen molar-refractivity contribution in [3.8, 4) is 11.1 Å². The standard InChI is InChI=1S/C18H18N2O3/c1-2-17(21)19-20-18(22)23-11-16-14-9-5-3-7-12(14)13-8-4-6-10-15(13)16/h3-10,16H,2,11H2,1H3,(H,19,21)(H,20,22).